The Balaban J connectivity index is 2.82. The molecule has 78 valence electrons. The zero-order valence-electron chi connectivity index (χ0n) is 7.14. The lowest BCUT2D eigenvalue weighted by Crippen LogP contribution is -2.08. The summed E-state index contributed by atoms with van der Waals surface area (Å²) in [6.45, 7) is -0.635. The molecule has 0 amide bonds. The molecular formula is C9H8BrClF2O. The fourth-order valence-corrected chi connectivity index (χ4v) is 1.66. The normalized spacial score (nSPS) is 10.6. The fourth-order valence-electron chi connectivity index (χ4n) is 0.967. The van der Waals surface area contributed by atoms with Crippen LogP contribution in [0.15, 0.2) is 18.2 Å². The highest BCUT2D eigenvalue weighted by molar-refractivity contribution is 9.08. The van der Waals surface area contributed by atoms with Gasteiger partial charge >= 0.3 is 0 Å². The minimum Gasteiger partial charge on any atom is -0.486 e. The first-order valence-corrected chi connectivity index (χ1v) is 5.39. The van der Waals surface area contributed by atoms with Gasteiger partial charge in [0.25, 0.3) is 6.43 Å². The van der Waals surface area contributed by atoms with E-state index in [9.17, 15) is 8.78 Å². The largest absolute Gasteiger partial charge is 0.486 e. The SMILES string of the molecule is FC(F)COc1c(Cl)cccc1CBr. The highest BCUT2D eigenvalue weighted by Gasteiger charge is 2.10. The Morgan fingerprint density at radius 2 is 2.14 bits per heavy atom. The molecule has 1 aromatic rings. The summed E-state index contributed by atoms with van der Waals surface area (Å²) in [7, 11) is 0. The van der Waals surface area contributed by atoms with E-state index in [-0.39, 0.29) is 0 Å². The van der Waals surface area contributed by atoms with E-state index in [0.29, 0.717) is 16.1 Å². The second-order valence-corrected chi connectivity index (χ2v) is 3.53. The van der Waals surface area contributed by atoms with Crippen LogP contribution >= 0.6 is 27.5 Å². The Morgan fingerprint density at radius 1 is 1.43 bits per heavy atom. The molecule has 0 fully saturated rings. The van der Waals surface area contributed by atoms with Gasteiger partial charge in [-0.1, -0.05) is 39.7 Å². The molecule has 0 bridgehead atoms. The van der Waals surface area contributed by atoms with Crippen LogP contribution in [0.4, 0.5) is 8.78 Å². The molecule has 1 nitrogen and oxygen atoms in total. The van der Waals surface area contributed by atoms with Crippen molar-refractivity contribution in [1.82, 2.24) is 0 Å². The van der Waals surface area contributed by atoms with Gasteiger partial charge in [-0.2, -0.15) is 0 Å². The number of halogens is 4. The Bertz CT molecular complexity index is 307. The van der Waals surface area contributed by atoms with Gasteiger partial charge in [0.15, 0.2) is 0 Å². The van der Waals surface area contributed by atoms with Gasteiger partial charge in [0.2, 0.25) is 0 Å². The Labute approximate surface area is 94.1 Å². The topological polar surface area (TPSA) is 9.23 Å². The van der Waals surface area contributed by atoms with E-state index in [1.165, 1.54) is 0 Å². The number of alkyl halides is 3. The third kappa shape index (κ3) is 3.10. The van der Waals surface area contributed by atoms with Crippen LogP contribution in [0.25, 0.3) is 0 Å². The molecule has 0 radical (unpaired) electrons. The molecule has 0 saturated carbocycles. The number of hydrogen-bond acceptors (Lipinski definition) is 1. The van der Waals surface area contributed by atoms with Gasteiger partial charge in [0, 0.05) is 10.9 Å². The van der Waals surface area contributed by atoms with Crippen LogP contribution < -0.4 is 4.74 Å². The van der Waals surface area contributed by atoms with Gasteiger partial charge in [-0.05, 0) is 6.07 Å². The summed E-state index contributed by atoms with van der Waals surface area (Å²) in [6, 6.07) is 5.12. The van der Waals surface area contributed by atoms with E-state index in [1.807, 2.05) is 0 Å². The van der Waals surface area contributed by atoms with Crippen LogP contribution in [0.3, 0.4) is 0 Å². The molecule has 0 unspecified atom stereocenters. The lowest BCUT2D eigenvalue weighted by atomic mass is 10.2. The molecule has 0 aliphatic heterocycles. The zero-order chi connectivity index (χ0) is 10.6. The summed E-state index contributed by atoms with van der Waals surface area (Å²) >= 11 is 9.02. The Kier molecular flexibility index (Phi) is 4.62. The van der Waals surface area contributed by atoms with Crippen molar-refractivity contribution in [2.45, 2.75) is 11.8 Å². The summed E-state index contributed by atoms with van der Waals surface area (Å²) in [5, 5.41) is 0.870. The summed E-state index contributed by atoms with van der Waals surface area (Å²) in [5.41, 5.74) is 0.762. The summed E-state index contributed by atoms with van der Waals surface area (Å²) in [5.74, 6) is 0.325. The van der Waals surface area contributed by atoms with Gasteiger partial charge in [0.1, 0.15) is 12.4 Å². The van der Waals surface area contributed by atoms with Crippen LogP contribution in [0.5, 0.6) is 5.75 Å². The molecule has 5 heteroatoms. The van der Waals surface area contributed by atoms with Crippen molar-refractivity contribution >= 4 is 27.5 Å². The van der Waals surface area contributed by atoms with E-state index in [4.69, 9.17) is 16.3 Å². The lowest BCUT2D eigenvalue weighted by Gasteiger charge is -2.10. The molecule has 0 aliphatic rings. The Morgan fingerprint density at radius 3 is 2.71 bits per heavy atom. The van der Waals surface area contributed by atoms with Crippen molar-refractivity contribution in [2.24, 2.45) is 0 Å². The third-order valence-electron chi connectivity index (χ3n) is 1.55. The van der Waals surface area contributed by atoms with Crippen LogP contribution in [-0.2, 0) is 5.33 Å². The predicted octanol–water partition coefficient (Wildman–Crippen LogP) is 3.88. The van der Waals surface area contributed by atoms with E-state index < -0.39 is 13.0 Å². The number of para-hydroxylation sites is 1. The van der Waals surface area contributed by atoms with Crippen molar-refractivity contribution in [2.75, 3.05) is 6.61 Å². The third-order valence-corrected chi connectivity index (χ3v) is 2.45. The van der Waals surface area contributed by atoms with Crippen LogP contribution in [-0.4, -0.2) is 13.0 Å². The van der Waals surface area contributed by atoms with Crippen molar-refractivity contribution in [3.05, 3.63) is 28.8 Å². The van der Waals surface area contributed by atoms with Gasteiger partial charge in [-0.3, -0.25) is 0 Å². The highest BCUT2D eigenvalue weighted by atomic mass is 79.9. The van der Waals surface area contributed by atoms with Gasteiger partial charge < -0.3 is 4.74 Å². The number of rotatable bonds is 4. The summed E-state index contributed by atoms with van der Waals surface area (Å²) < 4.78 is 28.7. The number of benzene rings is 1. The molecule has 14 heavy (non-hydrogen) atoms. The average Bonchev–Trinajstić information content (AvgIpc) is 2.15. The van der Waals surface area contributed by atoms with Crippen LogP contribution in [0.2, 0.25) is 5.02 Å². The maximum Gasteiger partial charge on any atom is 0.272 e. The molecule has 0 spiro atoms. The predicted molar refractivity (Wildman–Crippen MR) is 55.6 cm³/mol. The first-order chi connectivity index (χ1) is 6.65. The maximum absolute atomic E-state index is 11.9. The first kappa shape index (κ1) is 11.7. The smallest absolute Gasteiger partial charge is 0.272 e. The van der Waals surface area contributed by atoms with Crippen molar-refractivity contribution in [3.8, 4) is 5.75 Å². The molecule has 0 N–H and O–H groups in total. The quantitative estimate of drug-likeness (QED) is 0.763. The monoisotopic (exact) mass is 284 g/mol. The van der Waals surface area contributed by atoms with E-state index in [0.717, 1.165) is 5.56 Å². The summed E-state index contributed by atoms with van der Waals surface area (Å²) in [4.78, 5) is 0. The highest BCUT2D eigenvalue weighted by Crippen LogP contribution is 2.30. The van der Waals surface area contributed by atoms with E-state index in [2.05, 4.69) is 15.9 Å². The molecule has 0 atom stereocenters. The van der Waals surface area contributed by atoms with Crippen molar-refractivity contribution in [3.63, 3.8) is 0 Å². The lowest BCUT2D eigenvalue weighted by molar-refractivity contribution is 0.0816. The first-order valence-electron chi connectivity index (χ1n) is 3.89. The molecule has 0 saturated heterocycles. The molecular weight excluding hydrogens is 277 g/mol. The maximum atomic E-state index is 11.9. The Hall–Kier alpha value is -0.350. The zero-order valence-corrected chi connectivity index (χ0v) is 9.49. The van der Waals surface area contributed by atoms with Crippen LogP contribution in [0.1, 0.15) is 5.56 Å². The summed E-state index contributed by atoms with van der Waals surface area (Å²) in [6.07, 6.45) is -2.49. The minimum atomic E-state index is -2.49. The molecule has 0 heterocycles. The minimum absolute atomic E-state index is 0.325. The van der Waals surface area contributed by atoms with E-state index in [1.54, 1.807) is 18.2 Å². The van der Waals surface area contributed by atoms with Gasteiger partial charge in [-0.15, -0.1) is 0 Å². The van der Waals surface area contributed by atoms with Crippen LogP contribution in [0, 0.1) is 0 Å². The van der Waals surface area contributed by atoms with Gasteiger partial charge in [0.05, 0.1) is 5.02 Å². The van der Waals surface area contributed by atoms with Gasteiger partial charge in [-0.25, -0.2) is 8.78 Å². The second-order valence-electron chi connectivity index (χ2n) is 2.56. The van der Waals surface area contributed by atoms with Crippen molar-refractivity contribution < 1.29 is 13.5 Å². The fraction of sp³-hybridized carbons (Fsp3) is 0.333. The standard InChI is InChI=1S/C9H8BrClF2O/c10-4-6-2-1-3-7(11)9(6)14-5-8(12)13/h1-3,8H,4-5H2. The molecule has 0 aliphatic carbocycles. The number of ether oxygens (including phenoxy) is 1. The molecule has 0 aromatic heterocycles. The second kappa shape index (κ2) is 5.51. The number of hydrogen-bond donors (Lipinski definition) is 0. The van der Waals surface area contributed by atoms with Crippen molar-refractivity contribution in [1.29, 1.82) is 0 Å². The average molecular weight is 286 g/mol. The van der Waals surface area contributed by atoms with E-state index >= 15 is 0 Å². The molecule has 1 aromatic carbocycles. The molecule has 1 rings (SSSR count).